The number of amides is 2. The number of aliphatic carboxylic acids is 1. The molecule has 9 heteroatoms. The Hall–Kier alpha value is -1.35. The van der Waals surface area contributed by atoms with Crippen LogP contribution in [-0.4, -0.2) is 61.3 Å². The van der Waals surface area contributed by atoms with Gasteiger partial charge in [-0.3, -0.25) is 0 Å². The molecule has 18 heavy (non-hydrogen) atoms. The van der Waals surface area contributed by atoms with Crippen LogP contribution in [0.15, 0.2) is 0 Å². The first kappa shape index (κ1) is 14.7. The first-order chi connectivity index (χ1) is 8.34. The van der Waals surface area contributed by atoms with Gasteiger partial charge in [0.25, 0.3) is 0 Å². The highest BCUT2D eigenvalue weighted by molar-refractivity contribution is 7.91. The van der Waals surface area contributed by atoms with Gasteiger partial charge in [0.2, 0.25) is 0 Å². The number of carboxylic acid groups (broad SMARTS) is 1. The van der Waals surface area contributed by atoms with Crippen molar-refractivity contribution < 1.29 is 28.2 Å². The Morgan fingerprint density at radius 2 is 2.06 bits per heavy atom. The number of carbonyl (C=O) groups is 2. The summed E-state index contributed by atoms with van der Waals surface area (Å²) in [7, 11) is -2.99. The summed E-state index contributed by atoms with van der Waals surface area (Å²) < 4.78 is 22.3. The summed E-state index contributed by atoms with van der Waals surface area (Å²) in [4.78, 5) is 21.8. The van der Waals surface area contributed by atoms with Crippen LogP contribution in [0.3, 0.4) is 0 Å². The maximum absolute atomic E-state index is 11.3. The third-order valence-corrected chi connectivity index (χ3v) is 4.50. The molecule has 0 saturated carbocycles. The monoisotopic (exact) mass is 280 g/mol. The summed E-state index contributed by atoms with van der Waals surface area (Å²) in [6.07, 6.45) is 0.491. The van der Waals surface area contributed by atoms with E-state index in [1.165, 1.54) is 0 Å². The molecule has 0 aromatic carbocycles. The minimum atomic E-state index is -2.99. The van der Waals surface area contributed by atoms with Crippen molar-refractivity contribution in [2.45, 2.75) is 12.5 Å². The molecular weight excluding hydrogens is 264 g/mol. The van der Waals surface area contributed by atoms with Crippen molar-refractivity contribution in [3.05, 3.63) is 0 Å². The standard InChI is InChI=1S/C9H16N2O6S/c12-4-7(8(13)14)11-9(15)10-3-6-1-2-18(16,17)5-6/h6-7,12H,1-5H2,(H,13,14)(H2,10,11,15)/t6?,7-/m0/s1. The quantitative estimate of drug-likeness (QED) is 0.468. The van der Waals surface area contributed by atoms with Crippen LogP contribution in [0.2, 0.25) is 0 Å². The van der Waals surface area contributed by atoms with E-state index in [-0.39, 0.29) is 24.0 Å². The van der Waals surface area contributed by atoms with E-state index in [0.717, 1.165) is 0 Å². The highest BCUT2D eigenvalue weighted by Crippen LogP contribution is 2.17. The number of hydrogen-bond donors (Lipinski definition) is 4. The van der Waals surface area contributed by atoms with Crippen LogP contribution in [0.4, 0.5) is 4.79 Å². The molecule has 2 atom stereocenters. The lowest BCUT2D eigenvalue weighted by atomic mass is 10.1. The van der Waals surface area contributed by atoms with Crippen molar-refractivity contribution in [2.24, 2.45) is 5.92 Å². The summed E-state index contributed by atoms with van der Waals surface area (Å²) in [5, 5.41) is 21.7. The van der Waals surface area contributed by atoms with E-state index in [2.05, 4.69) is 10.6 Å². The topological polar surface area (TPSA) is 133 Å². The number of aliphatic hydroxyl groups is 1. The fourth-order valence-corrected chi connectivity index (χ4v) is 3.53. The van der Waals surface area contributed by atoms with E-state index >= 15 is 0 Å². The lowest BCUT2D eigenvalue weighted by Gasteiger charge is -2.14. The first-order valence-corrected chi connectivity index (χ1v) is 7.24. The number of urea groups is 1. The van der Waals surface area contributed by atoms with Crippen molar-refractivity contribution in [3.8, 4) is 0 Å². The fourth-order valence-electron chi connectivity index (χ4n) is 1.66. The Morgan fingerprint density at radius 3 is 2.50 bits per heavy atom. The lowest BCUT2D eigenvalue weighted by molar-refractivity contribution is -0.140. The van der Waals surface area contributed by atoms with Gasteiger partial charge in [0.1, 0.15) is 0 Å². The molecule has 0 aliphatic carbocycles. The van der Waals surface area contributed by atoms with Crippen LogP contribution in [0, 0.1) is 5.92 Å². The molecular formula is C9H16N2O6S. The summed E-state index contributed by atoms with van der Waals surface area (Å²) >= 11 is 0. The Kier molecular flexibility index (Phi) is 4.91. The number of carbonyl (C=O) groups excluding carboxylic acids is 1. The molecule has 0 radical (unpaired) electrons. The van der Waals surface area contributed by atoms with Gasteiger partial charge in [-0.1, -0.05) is 0 Å². The van der Waals surface area contributed by atoms with Gasteiger partial charge in [-0.15, -0.1) is 0 Å². The number of sulfone groups is 1. The minimum absolute atomic E-state index is 0.0373. The molecule has 1 unspecified atom stereocenters. The van der Waals surface area contributed by atoms with Crippen molar-refractivity contribution >= 4 is 21.8 Å². The molecule has 4 N–H and O–H groups in total. The van der Waals surface area contributed by atoms with E-state index in [1.807, 2.05) is 0 Å². The second kappa shape index (κ2) is 6.01. The van der Waals surface area contributed by atoms with E-state index in [0.29, 0.717) is 6.42 Å². The number of nitrogens with one attached hydrogen (secondary N) is 2. The molecule has 1 fully saturated rings. The van der Waals surface area contributed by atoms with Crippen molar-refractivity contribution in [1.82, 2.24) is 10.6 Å². The van der Waals surface area contributed by atoms with Crippen LogP contribution in [0.25, 0.3) is 0 Å². The van der Waals surface area contributed by atoms with Gasteiger partial charge in [0, 0.05) is 6.54 Å². The Balaban J connectivity index is 2.32. The molecule has 0 bridgehead atoms. The molecule has 2 amide bonds. The second-order valence-electron chi connectivity index (χ2n) is 4.20. The van der Waals surface area contributed by atoms with Gasteiger partial charge in [-0.05, 0) is 12.3 Å². The third kappa shape index (κ3) is 4.49. The zero-order valence-corrected chi connectivity index (χ0v) is 10.4. The van der Waals surface area contributed by atoms with E-state index in [4.69, 9.17) is 10.2 Å². The summed E-state index contributed by atoms with van der Waals surface area (Å²) in [6, 6.07) is -2.10. The molecule has 0 spiro atoms. The van der Waals surface area contributed by atoms with Gasteiger partial charge in [0.15, 0.2) is 15.9 Å². The summed E-state index contributed by atoms with van der Waals surface area (Å²) in [6.45, 7) is -0.538. The maximum Gasteiger partial charge on any atom is 0.328 e. The summed E-state index contributed by atoms with van der Waals surface area (Å²) in [5.74, 6) is -1.32. The Bertz CT molecular complexity index is 421. The van der Waals surface area contributed by atoms with Gasteiger partial charge in [-0.2, -0.15) is 0 Å². The number of carboxylic acids is 1. The molecule has 1 saturated heterocycles. The maximum atomic E-state index is 11.3. The van der Waals surface area contributed by atoms with Gasteiger partial charge in [-0.25, -0.2) is 18.0 Å². The SMILES string of the molecule is O=C(NCC1CCS(=O)(=O)C1)N[C@@H](CO)C(=O)O. The lowest BCUT2D eigenvalue weighted by Crippen LogP contribution is -2.48. The average Bonchev–Trinajstić information content (AvgIpc) is 2.62. The zero-order valence-electron chi connectivity index (χ0n) is 9.63. The largest absolute Gasteiger partial charge is 0.480 e. The molecule has 8 nitrogen and oxygen atoms in total. The average molecular weight is 280 g/mol. The molecule has 1 rings (SSSR count). The molecule has 1 heterocycles. The molecule has 0 aromatic heterocycles. The third-order valence-electron chi connectivity index (χ3n) is 2.66. The normalized spacial score (nSPS) is 23.3. The highest BCUT2D eigenvalue weighted by Gasteiger charge is 2.28. The predicted octanol–water partition coefficient (Wildman–Crippen LogP) is -1.83. The molecule has 1 aliphatic rings. The van der Waals surface area contributed by atoms with E-state index in [1.54, 1.807) is 0 Å². The second-order valence-corrected chi connectivity index (χ2v) is 6.43. The minimum Gasteiger partial charge on any atom is -0.480 e. The molecule has 1 aliphatic heterocycles. The van der Waals surface area contributed by atoms with Crippen LogP contribution in [0.1, 0.15) is 6.42 Å². The van der Waals surface area contributed by atoms with Crippen LogP contribution >= 0.6 is 0 Å². The van der Waals surface area contributed by atoms with Gasteiger partial charge >= 0.3 is 12.0 Å². The number of hydrogen-bond acceptors (Lipinski definition) is 5. The number of rotatable bonds is 5. The van der Waals surface area contributed by atoms with Crippen molar-refractivity contribution in [3.63, 3.8) is 0 Å². The Morgan fingerprint density at radius 1 is 1.39 bits per heavy atom. The smallest absolute Gasteiger partial charge is 0.328 e. The highest BCUT2D eigenvalue weighted by atomic mass is 32.2. The summed E-state index contributed by atoms with van der Waals surface area (Å²) in [5.41, 5.74) is 0. The molecule has 104 valence electrons. The molecule has 0 aromatic rings. The van der Waals surface area contributed by atoms with Crippen molar-refractivity contribution in [1.29, 1.82) is 0 Å². The van der Waals surface area contributed by atoms with Gasteiger partial charge < -0.3 is 20.8 Å². The Labute approximate surface area is 104 Å². The zero-order chi connectivity index (χ0) is 13.8. The van der Waals surface area contributed by atoms with Crippen molar-refractivity contribution in [2.75, 3.05) is 24.7 Å². The first-order valence-electron chi connectivity index (χ1n) is 5.42. The van der Waals surface area contributed by atoms with Crippen LogP contribution in [-0.2, 0) is 14.6 Å². The van der Waals surface area contributed by atoms with Crippen LogP contribution < -0.4 is 10.6 Å². The van der Waals surface area contributed by atoms with E-state index in [9.17, 15) is 18.0 Å². The van der Waals surface area contributed by atoms with E-state index < -0.39 is 34.5 Å². The predicted molar refractivity (Wildman–Crippen MR) is 61.8 cm³/mol. The van der Waals surface area contributed by atoms with Gasteiger partial charge in [0.05, 0.1) is 18.1 Å². The van der Waals surface area contributed by atoms with Crippen LogP contribution in [0.5, 0.6) is 0 Å². The number of aliphatic hydroxyl groups excluding tert-OH is 1. The fraction of sp³-hybridized carbons (Fsp3) is 0.778.